The molecule has 6 atom stereocenters. The van der Waals surface area contributed by atoms with E-state index in [4.69, 9.17) is 19.7 Å². The number of carboxylic acid groups (broad SMARTS) is 2. The number of hydrogen-bond donors (Lipinski definition) is 3. The highest BCUT2D eigenvalue weighted by Crippen LogP contribution is 2.62. The van der Waals surface area contributed by atoms with Gasteiger partial charge in [0.1, 0.15) is 18.0 Å². The van der Waals surface area contributed by atoms with Crippen LogP contribution in [0.25, 0.3) is 0 Å². The lowest BCUT2D eigenvalue weighted by Gasteiger charge is -2.50. The van der Waals surface area contributed by atoms with Gasteiger partial charge in [0.2, 0.25) is 0 Å². The maximum Gasteiger partial charge on any atom is 0.306 e. The topological polar surface area (TPSA) is 147 Å². The Morgan fingerprint density at radius 3 is 2.29 bits per heavy atom. The quantitative estimate of drug-likeness (QED) is 0.468. The van der Waals surface area contributed by atoms with Crippen molar-refractivity contribution >= 4 is 23.9 Å². The van der Waals surface area contributed by atoms with Gasteiger partial charge in [-0.2, -0.15) is 0 Å². The molecule has 1 aromatic rings. The summed E-state index contributed by atoms with van der Waals surface area (Å²) < 4.78 is 11.5. The van der Waals surface area contributed by atoms with Gasteiger partial charge in [0.25, 0.3) is 0 Å². The number of aryl methyl sites for hydroxylation is 1. The van der Waals surface area contributed by atoms with Gasteiger partial charge < -0.3 is 24.8 Å². The molecular weight excluding hydrogens is 456 g/mol. The minimum Gasteiger partial charge on any atom is -0.508 e. The number of phenolic OH excluding ortho intramolecular Hbond substituents is 1. The highest BCUT2D eigenvalue weighted by molar-refractivity contribution is 5.77. The van der Waals surface area contributed by atoms with Gasteiger partial charge in [-0.05, 0) is 73.1 Å². The number of aromatic hydroxyl groups is 1. The summed E-state index contributed by atoms with van der Waals surface area (Å²) in [5.41, 5.74) is 1.94. The lowest BCUT2D eigenvalue weighted by atomic mass is 9.55. The molecule has 0 bridgehead atoms. The van der Waals surface area contributed by atoms with E-state index in [0.29, 0.717) is 12.3 Å². The van der Waals surface area contributed by atoms with Crippen LogP contribution in [0.3, 0.4) is 0 Å². The van der Waals surface area contributed by atoms with Crippen molar-refractivity contribution in [3.05, 3.63) is 29.3 Å². The smallest absolute Gasteiger partial charge is 0.306 e. The second-order valence-corrected chi connectivity index (χ2v) is 10.3. The number of benzene rings is 1. The predicted octanol–water partition coefficient (Wildman–Crippen LogP) is 3.41. The number of hydrogen-bond acceptors (Lipinski definition) is 7. The first kappa shape index (κ1) is 25.0. The van der Waals surface area contributed by atoms with Gasteiger partial charge in [0, 0.05) is 5.41 Å². The second-order valence-electron chi connectivity index (χ2n) is 10.3. The van der Waals surface area contributed by atoms with Crippen LogP contribution in [-0.4, -0.2) is 51.4 Å². The molecule has 3 N–H and O–H groups in total. The standard InChI is InChI=1S/C26H32O9/c1-26-11-10-17-16-5-3-15(27)12-14(16)2-4-18(17)19(26)13-20(34-23(32)8-6-21(28)29)25(26)35-24(33)9-7-22(30)31/h3,5,12,17-20,25,27H,2,4,6-11,13H2,1H3,(H,28,29)(H,30,31)/t17-,18-,19+,20-,25+,26+/m1/s1. The molecule has 190 valence electrons. The number of carbonyl (C=O) groups excluding carboxylic acids is 2. The molecule has 2 fully saturated rings. The van der Waals surface area contributed by atoms with Crippen molar-refractivity contribution in [3.8, 4) is 5.75 Å². The molecule has 0 aromatic heterocycles. The molecule has 0 amide bonds. The molecule has 3 aliphatic carbocycles. The van der Waals surface area contributed by atoms with Crippen LogP contribution in [0.15, 0.2) is 18.2 Å². The van der Waals surface area contributed by atoms with E-state index < -0.39 is 41.5 Å². The number of esters is 2. The number of ether oxygens (including phenoxy) is 2. The van der Waals surface area contributed by atoms with E-state index in [9.17, 15) is 24.3 Å². The SMILES string of the molecule is C[C@]12CC[C@@H]3c4ccc(O)cc4CC[C@H]3[C@@H]1C[C@@H](OC(=O)CCC(=O)O)[C@@H]2OC(=O)CCC(=O)O. The molecule has 1 aromatic carbocycles. The Kier molecular flexibility index (Phi) is 7.05. The van der Waals surface area contributed by atoms with Crippen molar-refractivity contribution < 1.29 is 44.0 Å². The number of fused-ring (bicyclic) bond motifs is 5. The normalized spacial score (nSPS) is 30.9. The second kappa shape index (κ2) is 9.87. The monoisotopic (exact) mass is 488 g/mol. The summed E-state index contributed by atoms with van der Waals surface area (Å²) in [6, 6.07) is 5.53. The third kappa shape index (κ3) is 5.13. The molecule has 9 nitrogen and oxygen atoms in total. The van der Waals surface area contributed by atoms with Crippen molar-refractivity contribution in [3.63, 3.8) is 0 Å². The molecular formula is C26H32O9. The zero-order valence-corrected chi connectivity index (χ0v) is 19.8. The zero-order valence-electron chi connectivity index (χ0n) is 19.8. The first-order chi connectivity index (χ1) is 16.6. The lowest BCUT2D eigenvalue weighted by molar-refractivity contribution is -0.174. The van der Waals surface area contributed by atoms with E-state index in [2.05, 4.69) is 6.92 Å². The fourth-order valence-electron chi connectivity index (χ4n) is 6.68. The average Bonchev–Trinajstić information content (AvgIpc) is 3.07. The van der Waals surface area contributed by atoms with E-state index in [0.717, 1.165) is 31.2 Å². The Labute approximate surface area is 203 Å². The lowest BCUT2D eigenvalue weighted by Crippen LogP contribution is -2.47. The number of phenols is 1. The van der Waals surface area contributed by atoms with E-state index >= 15 is 0 Å². The van der Waals surface area contributed by atoms with Crippen LogP contribution < -0.4 is 0 Å². The maximum atomic E-state index is 12.5. The largest absolute Gasteiger partial charge is 0.508 e. The molecule has 3 aliphatic rings. The highest BCUT2D eigenvalue weighted by atomic mass is 16.6. The predicted molar refractivity (Wildman–Crippen MR) is 122 cm³/mol. The van der Waals surface area contributed by atoms with Gasteiger partial charge in [0.15, 0.2) is 0 Å². The third-order valence-electron chi connectivity index (χ3n) is 8.25. The summed E-state index contributed by atoms with van der Waals surface area (Å²) in [6.07, 6.45) is 1.17. The van der Waals surface area contributed by atoms with Gasteiger partial charge in [0.05, 0.1) is 25.7 Å². The first-order valence-corrected chi connectivity index (χ1v) is 12.2. The molecule has 35 heavy (non-hydrogen) atoms. The van der Waals surface area contributed by atoms with E-state index in [1.54, 1.807) is 6.07 Å². The molecule has 0 spiro atoms. The summed E-state index contributed by atoms with van der Waals surface area (Å²) in [5.74, 6) is -2.54. The first-order valence-electron chi connectivity index (χ1n) is 12.2. The average molecular weight is 489 g/mol. The van der Waals surface area contributed by atoms with E-state index in [1.807, 2.05) is 12.1 Å². The molecule has 2 saturated carbocycles. The number of rotatable bonds is 8. The Morgan fingerprint density at radius 1 is 0.971 bits per heavy atom. The minimum atomic E-state index is -1.10. The number of aliphatic carboxylic acids is 2. The molecule has 0 aliphatic heterocycles. The summed E-state index contributed by atoms with van der Waals surface area (Å²) >= 11 is 0. The van der Waals surface area contributed by atoms with E-state index in [1.165, 1.54) is 5.56 Å². The molecule has 0 radical (unpaired) electrons. The van der Waals surface area contributed by atoms with Crippen molar-refractivity contribution in [1.29, 1.82) is 0 Å². The molecule has 0 saturated heterocycles. The Balaban J connectivity index is 1.57. The molecule has 9 heteroatoms. The Bertz CT molecular complexity index is 1020. The van der Waals surface area contributed by atoms with Gasteiger partial charge in [-0.1, -0.05) is 13.0 Å². The summed E-state index contributed by atoms with van der Waals surface area (Å²) in [6.45, 7) is 2.06. The highest BCUT2D eigenvalue weighted by Gasteiger charge is 2.61. The fourth-order valence-corrected chi connectivity index (χ4v) is 6.68. The van der Waals surface area contributed by atoms with Gasteiger partial charge in [-0.15, -0.1) is 0 Å². The van der Waals surface area contributed by atoms with Gasteiger partial charge >= 0.3 is 23.9 Å². The van der Waals surface area contributed by atoms with Crippen LogP contribution in [0.5, 0.6) is 5.75 Å². The minimum absolute atomic E-state index is 0.109. The Hall–Kier alpha value is -3.10. The number of carboxylic acids is 2. The van der Waals surface area contributed by atoms with Gasteiger partial charge in [-0.3, -0.25) is 19.2 Å². The Morgan fingerprint density at radius 2 is 1.63 bits per heavy atom. The zero-order chi connectivity index (χ0) is 25.3. The summed E-state index contributed by atoms with van der Waals surface area (Å²) in [7, 11) is 0. The van der Waals surface area contributed by atoms with Crippen LogP contribution in [-0.2, 0) is 35.1 Å². The van der Waals surface area contributed by atoms with Crippen molar-refractivity contribution in [2.24, 2.45) is 17.3 Å². The fraction of sp³-hybridized carbons (Fsp3) is 0.615. The molecule has 0 unspecified atom stereocenters. The van der Waals surface area contributed by atoms with Crippen LogP contribution in [0, 0.1) is 17.3 Å². The third-order valence-corrected chi connectivity index (χ3v) is 8.25. The maximum absolute atomic E-state index is 12.5. The van der Waals surface area contributed by atoms with Crippen molar-refractivity contribution in [2.75, 3.05) is 0 Å². The van der Waals surface area contributed by atoms with Crippen LogP contribution >= 0.6 is 0 Å². The van der Waals surface area contributed by atoms with E-state index in [-0.39, 0.29) is 43.3 Å². The molecule has 4 rings (SSSR count). The number of carbonyl (C=O) groups is 4. The van der Waals surface area contributed by atoms with Crippen molar-refractivity contribution in [1.82, 2.24) is 0 Å². The van der Waals surface area contributed by atoms with Crippen LogP contribution in [0.2, 0.25) is 0 Å². The summed E-state index contributed by atoms with van der Waals surface area (Å²) in [4.78, 5) is 46.7. The molecule has 0 heterocycles. The summed E-state index contributed by atoms with van der Waals surface area (Å²) in [5, 5.41) is 27.7. The van der Waals surface area contributed by atoms with Gasteiger partial charge in [-0.25, -0.2) is 0 Å². The van der Waals surface area contributed by atoms with Crippen LogP contribution in [0.1, 0.15) is 75.3 Å². The van der Waals surface area contributed by atoms with Crippen molar-refractivity contribution in [2.45, 2.75) is 82.8 Å². The van der Waals surface area contributed by atoms with Crippen LogP contribution in [0.4, 0.5) is 0 Å².